The molecule has 0 spiro atoms. The topological polar surface area (TPSA) is 111 Å². The van der Waals surface area contributed by atoms with Gasteiger partial charge in [0.05, 0.1) is 27.7 Å². The number of allylic oxidation sites excluding steroid dienone is 4. The highest BCUT2D eigenvalue weighted by Gasteiger charge is 2.21. The summed E-state index contributed by atoms with van der Waals surface area (Å²) in [7, 11) is 1.15. The van der Waals surface area contributed by atoms with Crippen molar-refractivity contribution in [2.45, 2.75) is 174 Å². The van der Waals surface area contributed by atoms with Crippen molar-refractivity contribution >= 4 is 19.8 Å². The summed E-state index contributed by atoms with van der Waals surface area (Å²) >= 11 is 0. The molecule has 0 bridgehead atoms. The molecular weight excluding hydrogens is 653 g/mol. The van der Waals surface area contributed by atoms with Gasteiger partial charge in [-0.05, 0) is 57.8 Å². The van der Waals surface area contributed by atoms with Crippen LogP contribution >= 0.6 is 7.82 Å². The monoisotopic (exact) mass is 730 g/mol. The molecule has 0 amide bonds. The predicted octanol–water partition coefficient (Wildman–Crippen LogP) is 10.2. The third kappa shape index (κ3) is 36.3. The van der Waals surface area contributed by atoms with Gasteiger partial charge in [-0.3, -0.25) is 14.2 Å². The molecule has 0 aromatic rings. The third-order valence-electron chi connectivity index (χ3n) is 8.44. The fraction of sp³-hybridized carbons (Fsp3) is 0.850. The van der Waals surface area contributed by atoms with Crippen LogP contribution in [-0.2, 0) is 32.7 Å². The Morgan fingerprint density at radius 2 is 1.04 bits per heavy atom. The molecule has 294 valence electrons. The Hall–Kier alpha value is -1.51. The number of likely N-dealkylation sites (N-methyl/N-ethyl adjacent to an activating group) is 1. The van der Waals surface area contributed by atoms with E-state index in [4.69, 9.17) is 18.5 Å². The van der Waals surface area contributed by atoms with Crippen molar-refractivity contribution in [3.63, 3.8) is 0 Å². The fourth-order valence-electron chi connectivity index (χ4n) is 5.22. The van der Waals surface area contributed by atoms with Gasteiger partial charge >= 0.3 is 11.9 Å². The van der Waals surface area contributed by atoms with E-state index in [1.165, 1.54) is 57.8 Å². The molecule has 0 fully saturated rings. The lowest BCUT2D eigenvalue weighted by molar-refractivity contribution is -0.870. The highest BCUT2D eigenvalue weighted by Crippen LogP contribution is 2.38. The standard InChI is InChI=1S/C40H76NO8P/c1-6-8-10-12-14-16-18-19-20-21-23-25-27-29-31-33-40(43)49-38(37-48-50(44,45)47-35-34-41(3,4)5)36-46-39(42)32-30-28-26-24-22-17-15-13-11-9-7-2/h13,15,19-20,38H,6-12,14,16-18,21-37H2,1-5H3/b15-13+,20-19+/t38-/m1/s1. The maximum atomic E-state index is 12.6. The van der Waals surface area contributed by atoms with Gasteiger partial charge in [-0.15, -0.1) is 0 Å². The average molecular weight is 730 g/mol. The molecule has 0 aliphatic carbocycles. The summed E-state index contributed by atoms with van der Waals surface area (Å²) < 4.78 is 33.7. The van der Waals surface area contributed by atoms with Crippen molar-refractivity contribution in [2.75, 3.05) is 47.5 Å². The van der Waals surface area contributed by atoms with Crippen LogP contribution in [0.2, 0.25) is 0 Å². The number of rotatable bonds is 36. The van der Waals surface area contributed by atoms with E-state index in [0.717, 1.165) is 77.0 Å². The van der Waals surface area contributed by atoms with E-state index in [2.05, 4.69) is 38.2 Å². The lowest BCUT2D eigenvalue weighted by Crippen LogP contribution is -2.37. The van der Waals surface area contributed by atoms with Crippen LogP contribution in [0.25, 0.3) is 0 Å². The molecule has 1 unspecified atom stereocenters. The van der Waals surface area contributed by atoms with E-state index in [-0.39, 0.29) is 26.1 Å². The van der Waals surface area contributed by atoms with Crippen LogP contribution in [0, 0.1) is 0 Å². The lowest BCUT2D eigenvalue weighted by atomic mass is 10.1. The molecule has 0 aromatic carbocycles. The number of phosphoric ester groups is 1. The van der Waals surface area contributed by atoms with Crippen molar-refractivity contribution in [3.8, 4) is 0 Å². The molecule has 0 aromatic heterocycles. The number of esters is 2. The smallest absolute Gasteiger partial charge is 0.306 e. The van der Waals surface area contributed by atoms with Crippen molar-refractivity contribution < 1.29 is 42.1 Å². The van der Waals surface area contributed by atoms with Gasteiger partial charge in [-0.25, -0.2) is 0 Å². The second-order valence-electron chi connectivity index (χ2n) is 14.6. The predicted molar refractivity (Wildman–Crippen MR) is 204 cm³/mol. The Bertz CT molecular complexity index is 918. The first-order chi connectivity index (χ1) is 24.0. The van der Waals surface area contributed by atoms with E-state index in [1.54, 1.807) is 0 Å². The van der Waals surface area contributed by atoms with Crippen molar-refractivity contribution in [1.29, 1.82) is 0 Å². The van der Waals surface area contributed by atoms with Crippen LogP contribution in [0.3, 0.4) is 0 Å². The van der Waals surface area contributed by atoms with Gasteiger partial charge in [0.2, 0.25) is 0 Å². The summed E-state index contributed by atoms with van der Waals surface area (Å²) in [6.07, 6.45) is 33.4. The molecule has 0 saturated carbocycles. The summed E-state index contributed by atoms with van der Waals surface area (Å²) in [5.74, 6) is -0.856. The van der Waals surface area contributed by atoms with Gasteiger partial charge < -0.3 is 27.9 Å². The third-order valence-corrected chi connectivity index (χ3v) is 9.41. The van der Waals surface area contributed by atoms with Crippen LogP contribution in [0.5, 0.6) is 0 Å². The maximum absolute atomic E-state index is 12.6. The molecule has 0 aliphatic rings. The molecule has 0 heterocycles. The zero-order chi connectivity index (χ0) is 37.2. The second kappa shape index (κ2) is 33.3. The molecule has 0 radical (unpaired) electrons. The van der Waals surface area contributed by atoms with E-state index in [0.29, 0.717) is 17.4 Å². The lowest BCUT2D eigenvalue weighted by Gasteiger charge is -2.28. The number of nitrogens with zero attached hydrogens (tertiary/aromatic N) is 1. The first kappa shape index (κ1) is 48.5. The summed E-state index contributed by atoms with van der Waals surface area (Å²) in [5.41, 5.74) is 0. The van der Waals surface area contributed by atoms with E-state index < -0.39 is 32.5 Å². The number of phosphoric acid groups is 1. The average Bonchev–Trinajstić information content (AvgIpc) is 3.06. The number of quaternary nitrogens is 1. The molecule has 0 aliphatic heterocycles. The van der Waals surface area contributed by atoms with E-state index >= 15 is 0 Å². The van der Waals surface area contributed by atoms with E-state index in [1.807, 2.05) is 21.1 Å². The number of carbonyl (C=O) groups is 2. The first-order valence-electron chi connectivity index (χ1n) is 20.0. The largest absolute Gasteiger partial charge is 0.756 e. The summed E-state index contributed by atoms with van der Waals surface area (Å²) in [4.78, 5) is 37.3. The summed E-state index contributed by atoms with van der Waals surface area (Å²) in [6.45, 7) is 4.15. The molecule has 50 heavy (non-hydrogen) atoms. The Morgan fingerprint density at radius 1 is 0.600 bits per heavy atom. The molecule has 0 N–H and O–H groups in total. The van der Waals surface area contributed by atoms with Crippen LogP contribution in [-0.4, -0.2) is 70.0 Å². The molecule has 9 nitrogen and oxygen atoms in total. The first-order valence-corrected chi connectivity index (χ1v) is 21.5. The Kier molecular flexibility index (Phi) is 32.3. The minimum Gasteiger partial charge on any atom is -0.756 e. The van der Waals surface area contributed by atoms with Crippen molar-refractivity contribution in [3.05, 3.63) is 24.3 Å². The van der Waals surface area contributed by atoms with Crippen LogP contribution in [0.4, 0.5) is 0 Å². The minimum atomic E-state index is -4.62. The number of unbranched alkanes of at least 4 members (excludes halogenated alkanes) is 18. The second-order valence-corrected chi connectivity index (χ2v) is 16.1. The summed E-state index contributed by atoms with van der Waals surface area (Å²) in [5, 5.41) is 0. The van der Waals surface area contributed by atoms with Gasteiger partial charge in [0.25, 0.3) is 7.82 Å². The molecule has 0 saturated heterocycles. The fourth-order valence-corrected chi connectivity index (χ4v) is 5.95. The van der Waals surface area contributed by atoms with Crippen LogP contribution in [0.1, 0.15) is 168 Å². The maximum Gasteiger partial charge on any atom is 0.306 e. The van der Waals surface area contributed by atoms with Crippen LogP contribution in [0.15, 0.2) is 24.3 Å². The number of hydrogen-bond acceptors (Lipinski definition) is 8. The minimum absolute atomic E-state index is 0.0329. The van der Waals surface area contributed by atoms with E-state index in [9.17, 15) is 19.0 Å². The van der Waals surface area contributed by atoms with Gasteiger partial charge in [0, 0.05) is 12.8 Å². The Balaban J connectivity index is 4.43. The highest BCUT2D eigenvalue weighted by molar-refractivity contribution is 7.45. The van der Waals surface area contributed by atoms with Gasteiger partial charge in [-0.1, -0.05) is 122 Å². The SMILES string of the molecule is CCCC/C=C/CCCCCCCC(=O)OC[C@H](COP(=O)([O-])OCC[N+](C)(C)C)OC(=O)CCCCCCC/C=C/CCCCCCCC. The normalized spacial score (nSPS) is 14.0. The van der Waals surface area contributed by atoms with Gasteiger partial charge in [0.15, 0.2) is 6.10 Å². The van der Waals surface area contributed by atoms with Gasteiger partial charge in [0.1, 0.15) is 19.8 Å². The number of carbonyl (C=O) groups excluding carboxylic acids is 2. The number of ether oxygens (including phenoxy) is 2. The Labute approximate surface area is 307 Å². The zero-order valence-electron chi connectivity index (χ0n) is 32.8. The molecule has 0 rings (SSSR count). The molecule has 2 atom stereocenters. The van der Waals surface area contributed by atoms with Crippen molar-refractivity contribution in [1.82, 2.24) is 0 Å². The highest BCUT2D eigenvalue weighted by atomic mass is 31.2. The molecular formula is C40H76NO8P. The van der Waals surface area contributed by atoms with Crippen molar-refractivity contribution in [2.24, 2.45) is 0 Å². The zero-order valence-corrected chi connectivity index (χ0v) is 33.7. The molecule has 10 heteroatoms. The van der Waals surface area contributed by atoms with Gasteiger partial charge in [-0.2, -0.15) is 0 Å². The summed E-state index contributed by atoms with van der Waals surface area (Å²) in [6, 6.07) is 0. The van der Waals surface area contributed by atoms with Crippen LogP contribution < -0.4 is 4.89 Å². The quantitative estimate of drug-likeness (QED) is 0.0206. The number of hydrogen-bond donors (Lipinski definition) is 0. The Morgan fingerprint density at radius 3 is 1.54 bits per heavy atom.